The Kier molecular flexibility index (Phi) is 7.66. The number of ether oxygens (including phenoxy) is 3. The number of hydrogen-bond donors (Lipinski definition) is 0. The molecule has 3 rings (SSSR count). The Bertz CT molecular complexity index is 1040. The summed E-state index contributed by atoms with van der Waals surface area (Å²) in [4.78, 5) is 12.1. The van der Waals surface area contributed by atoms with Gasteiger partial charge in [-0.1, -0.05) is 72.8 Å². The van der Waals surface area contributed by atoms with Crippen LogP contribution in [0.1, 0.15) is 27.0 Å². The zero-order valence-electron chi connectivity index (χ0n) is 18.0. The van der Waals surface area contributed by atoms with Crippen molar-refractivity contribution in [2.75, 3.05) is 21.3 Å². The Hall–Kier alpha value is -3.79. The van der Waals surface area contributed by atoms with E-state index >= 15 is 0 Å². The minimum Gasteiger partial charge on any atom is -0.493 e. The van der Waals surface area contributed by atoms with Crippen molar-refractivity contribution < 1.29 is 19.0 Å². The zero-order valence-corrected chi connectivity index (χ0v) is 18.0. The van der Waals surface area contributed by atoms with E-state index in [1.165, 1.54) is 0 Å². The second kappa shape index (κ2) is 10.8. The average Bonchev–Trinajstić information content (AvgIpc) is 2.83. The van der Waals surface area contributed by atoms with Crippen LogP contribution in [0.5, 0.6) is 17.2 Å². The quantitative estimate of drug-likeness (QED) is 0.250. The third-order valence-electron chi connectivity index (χ3n) is 4.82. The first-order valence-electron chi connectivity index (χ1n) is 9.97. The molecule has 3 aromatic rings. The lowest BCUT2D eigenvalue weighted by atomic mass is 10.1. The van der Waals surface area contributed by atoms with E-state index in [-0.39, 0.29) is 5.78 Å². The van der Waals surface area contributed by atoms with Crippen molar-refractivity contribution in [1.82, 2.24) is 0 Å². The molecular formula is C27H26O4. The van der Waals surface area contributed by atoms with Crippen LogP contribution in [0.4, 0.5) is 0 Å². The lowest BCUT2D eigenvalue weighted by molar-refractivity contribution is 0.104. The highest BCUT2D eigenvalue weighted by molar-refractivity contribution is 6.04. The third kappa shape index (κ3) is 5.86. The second-order valence-corrected chi connectivity index (χ2v) is 6.87. The fraction of sp³-hybridized carbons (Fsp3) is 0.148. The van der Waals surface area contributed by atoms with E-state index < -0.39 is 0 Å². The molecule has 0 fully saturated rings. The van der Waals surface area contributed by atoms with E-state index in [9.17, 15) is 4.79 Å². The molecule has 0 aliphatic rings. The fourth-order valence-corrected chi connectivity index (χ4v) is 3.16. The predicted molar refractivity (Wildman–Crippen MR) is 125 cm³/mol. The van der Waals surface area contributed by atoms with Gasteiger partial charge in [-0.15, -0.1) is 0 Å². The molecule has 0 radical (unpaired) electrons. The summed E-state index contributed by atoms with van der Waals surface area (Å²) in [5.41, 5.74) is 3.86. The van der Waals surface area contributed by atoms with E-state index in [1.807, 2.05) is 60.7 Å². The topological polar surface area (TPSA) is 44.8 Å². The van der Waals surface area contributed by atoms with E-state index in [1.54, 1.807) is 27.4 Å². The van der Waals surface area contributed by atoms with Gasteiger partial charge in [0.05, 0.1) is 21.3 Å². The maximum atomic E-state index is 12.1. The molecule has 0 amide bonds. The van der Waals surface area contributed by atoms with Gasteiger partial charge in [-0.05, 0) is 41.3 Å². The molecule has 0 bridgehead atoms. The number of allylic oxidation sites excluding steroid dienone is 2. The van der Waals surface area contributed by atoms with Gasteiger partial charge in [-0.2, -0.15) is 0 Å². The molecule has 3 aromatic carbocycles. The molecular weight excluding hydrogens is 388 g/mol. The summed E-state index contributed by atoms with van der Waals surface area (Å²) >= 11 is 0. The highest BCUT2D eigenvalue weighted by Gasteiger charge is 2.11. The summed E-state index contributed by atoms with van der Waals surface area (Å²) in [7, 11) is 4.79. The number of hydrogen-bond acceptors (Lipinski definition) is 4. The van der Waals surface area contributed by atoms with Gasteiger partial charge in [0, 0.05) is 5.56 Å². The first-order chi connectivity index (χ1) is 15.1. The standard InChI is InChI=1S/C27H26O4/c1-29-25-18-22(19-26(30-2)27(25)31-3)17-16-21-14-12-20(13-15-21)8-7-11-24(28)23-9-5-4-6-10-23/h4-7,9-19H,8H2,1-3H3/b11-7-,17-16-. The average molecular weight is 415 g/mol. The third-order valence-corrected chi connectivity index (χ3v) is 4.82. The minimum atomic E-state index is 0.0190. The van der Waals surface area contributed by atoms with E-state index in [2.05, 4.69) is 24.3 Å². The monoisotopic (exact) mass is 414 g/mol. The number of ketones is 1. The van der Waals surface area contributed by atoms with Gasteiger partial charge >= 0.3 is 0 Å². The molecule has 0 spiro atoms. The SMILES string of the molecule is COc1cc(/C=C\c2ccc(C/C=C\C(=O)c3ccccc3)cc2)cc(OC)c1OC. The van der Waals surface area contributed by atoms with Crippen LogP contribution in [-0.2, 0) is 6.42 Å². The van der Waals surface area contributed by atoms with Crippen molar-refractivity contribution in [1.29, 1.82) is 0 Å². The highest BCUT2D eigenvalue weighted by atomic mass is 16.5. The molecule has 0 saturated carbocycles. The number of benzene rings is 3. The number of methoxy groups -OCH3 is 3. The normalized spacial score (nSPS) is 11.1. The fourth-order valence-electron chi connectivity index (χ4n) is 3.16. The Balaban J connectivity index is 1.65. The molecule has 0 unspecified atom stereocenters. The molecule has 31 heavy (non-hydrogen) atoms. The zero-order chi connectivity index (χ0) is 22.1. The number of carbonyl (C=O) groups is 1. The van der Waals surface area contributed by atoms with Crippen molar-refractivity contribution >= 4 is 17.9 Å². The van der Waals surface area contributed by atoms with Crippen molar-refractivity contribution in [3.63, 3.8) is 0 Å². The Morgan fingerprint density at radius 3 is 1.97 bits per heavy atom. The van der Waals surface area contributed by atoms with E-state index in [0.29, 0.717) is 29.2 Å². The number of carbonyl (C=O) groups excluding carboxylic acids is 1. The maximum absolute atomic E-state index is 12.1. The number of rotatable bonds is 9. The van der Waals surface area contributed by atoms with E-state index in [0.717, 1.165) is 16.7 Å². The Morgan fingerprint density at radius 1 is 0.774 bits per heavy atom. The smallest absolute Gasteiger partial charge is 0.203 e. The first-order valence-corrected chi connectivity index (χ1v) is 9.97. The van der Waals surface area contributed by atoms with Crippen LogP contribution in [0.25, 0.3) is 12.2 Å². The van der Waals surface area contributed by atoms with Gasteiger partial charge in [-0.3, -0.25) is 4.79 Å². The molecule has 0 N–H and O–H groups in total. The molecule has 0 aromatic heterocycles. The summed E-state index contributed by atoms with van der Waals surface area (Å²) in [6.45, 7) is 0. The van der Waals surface area contributed by atoms with Crippen LogP contribution in [0.3, 0.4) is 0 Å². The van der Waals surface area contributed by atoms with Gasteiger partial charge in [0.25, 0.3) is 0 Å². The minimum absolute atomic E-state index is 0.0190. The van der Waals surface area contributed by atoms with Gasteiger partial charge in [-0.25, -0.2) is 0 Å². The van der Waals surface area contributed by atoms with E-state index in [4.69, 9.17) is 14.2 Å². The summed E-state index contributed by atoms with van der Waals surface area (Å²) in [6.07, 6.45) is 8.26. The van der Waals surface area contributed by atoms with Crippen LogP contribution < -0.4 is 14.2 Å². The molecule has 0 aliphatic carbocycles. The molecule has 0 heterocycles. The predicted octanol–water partition coefficient (Wildman–Crippen LogP) is 5.86. The van der Waals surface area contributed by atoms with Gasteiger partial charge in [0.1, 0.15) is 0 Å². The van der Waals surface area contributed by atoms with Crippen LogP contribution in [-0.4, -0.2) is 27.1 Å². The second-order valence-electron chi connectivity index (χ2n) is 6.87. The highest BCUT2D eigenvalue weighted by Crippen LogP contribution is 2.38. The van der Waals surface area contributed by atoms with Crippen molar-refractivity contribution in [2.45, 2.75) is 6.42 Å². The van der Waals surface area contributed by atoms with Crippen molar-refractivity contribution in [2.24, 2.45) is 0 Å². The van der Waals surface area contributed by atoms with Crippen molar-refractivity contribution in [3.05, 3.63) is 101 Å². The van der Waals surface area contributed by atoms with Crippen LogP contribution >= 0.6 is 0 Å². The van der Waals surface area contributed by atoms with Crippen LogP contribution in [0, 0.1) is 0 Å². The van der Waals surface area contributed by atoms with Crippen LogP contribution in [0.15, 0.2) is 78.9 Å². The molecule has 4 nitrogen and oxygen atoms in total. The first kappa shape index (κ1) is 21.9. The largest absolute Gasteiger partial charge is 0.493 e. The summed E-state index contributed by atoms with van der Waals surface area (Å²) in [6, 6.07) is 21.3. The molecule has 4 heteroatoms. The summed E-state index contributed by atoms with van der Waals surface area (Å²) in [5.74, 6) is 1.83. The van der Waals surface area contributed by atoms with Crippen molar-refractivity contribution in [3.8, 4) is 17.2 Å². The molecule has 0 atom stereocenters. The van der Waals surface area contributed by atoms with Gasteiger partial charge < -0.3 is 14.2 Å². The molecule has 0 saturated heterocycles. The van der Waals surface area contributed by atoms with Gasteiger partial charge in [0.15, 0.2) is 17.3 Å². The van der Waals surface area contributed by atoms with Gasteiger partial charge in [0.2, 0.25) is 5.75 Å². The maximum Gasteiger partial charge on any atom is 0.203 e. The Morgan fingerprint density at radius 2 is 1.39 bits per heavy atom. The Labute approximate surface area is 183 Å². The lowest BCUT2D eigenvalue weighted by Crippen LogP contribution is -1.95. The summed E-state index contributed by atoms with van der Waals surface area (Å²) in [5, 5.41) is 0. The summed E-state index contributed by atoms with van der Waals surface area (Å²) < 4.78 is 16.2. The lowest BCUT2D eigenvalue weighted by Gasteiger charge is -2.12. The van der Waals surface area contributed by atoms with Crippen LogP contribution in [0.2, 0.25) is 0 Å². The molecule has 0 aliphatic heterocycles. The molecule has 158 valence electrons.